The summed E-state index contributed by atoms with van der Waals surface area (Å²) < 4.78 is 14.6. The number of carbonyl (C=O) groups is 3. The second-order valence-corrected chi connectivity index (χ2v) is 4.27. The molecule has 20 heavy (non-hydrogen) atoms. The fraction of sp³-hybridized carbons (Fsp3) is 0.615. The zero-order chi connectivity index (χ0) is 15.1. The van der Waals surface area contributed by atoms with Crippen LogP contribution in [0.3, 0.4) is 0 Å². The van der Waals surface area contributed by atoms with Crippen molar-refractivity contribution < 1.29 is 28.6 Å². The Balaban J connectivity index is 2.77. The minimum Gasteiger partial charge on any atom is -0.466 e. The summed E-state index contributed by atoms with van der Waals surface area (Å²) in [5, 5.41) is 0. The number of ether oxygens (including phenoxy) is 3. The third kappa shape index (κ3) is 4.56. The maximum absolute atomic E-state index is 11.6. The summed E-state index contributed by atoms with van der Waals surface area (Å²) in [4.78, 5) is 35.5. The molecule has 1 amide bonds. The molecular formula is C13H19NO6. The van der Waals surface area contributed by atoms with E-state index in [1.165, 1.54) is 25.1 Å². The monoisotopic (exact) mass is 285 g/mol. The molecule has 0 fully saturated rings. The molecule has 112 valence electrons. The standard InChI is InChI=1S/C13H19NO6/c1-4-19-12(16)8-10-7-11(20-9(2)15)5-6-14(10)13(17)18-3/h5-6,10-11H,4,7-8H2,1-3H3. The highest BCUT2D eigenvalue weighted by Crippen LogP contribution is 2.22. The third-order valence-corrected chi connectivity index (χ3v) is 2.77. The van der Waals surface area contributed by atoms with Gasteiger partial charge in [-0.05, 0) is 13.0 Å². The van der Waals surface area contributed by atoms with Crippen molar-refractivity contribution in [2.75, 3.05) is 13.7 Å². The summed E-state index contributed by atoms with van der Waals surface area (Å²) in [6, 6.07) is -0.462. The van der Waals surface area contributed by atoms with E-state index in [9.17, 15) is 14.4 Å². The van der Waals surface area contributed by atoms with Crippen LogP contribution in [-0.2, 0) is 23.8 Å². The van der Waals surface area contributed by atoms with Crippen molar-refractivity contribution in [1.29, 1.82) is 0 Å². The van der Waals surface area contributed by atoms with Crippen LogP contribution in [0.5, 0.6) is 0 Å². The Kier molecular flexibility index (Phi) is 6.02. The highest BCUT2D eigenvalue weighted by molar-refractivity contribution is 5.74. The van der Waals surface area contributed by atoms with Gasteiger partial charge in [0, 0.05) is 19.5 Å². The van der Waals surface area contributed by atoms with Crippen LogP contribution in [0.25, 0.3) is 0 Å². The van der Waals surface area contributed by atoms with Gasteiger partial charge in [0.25, 0.3) is 0 Å². The van der Waals surface area contributed by atoms with E-state index in [2.05, 4.69) is 4.74 Å². The van der Waals surface area contributed by atoms with Crippen molar-refractivity contribution in [3.63, 3.8) is 0 Å². The maximum atomic E-state index is 11.6. The normalized spacial score (nSPS) is 21.2. The molecule has 1 aliphatic rings. The van der Waals surface area contributed by atoms with Crippen molar-refractivity contribution in [1.82, 2.24) is 4.90 Å². The average molecular weight is 285 g/mol. The number of nitrogens with zero attached hydrogens (tertiary/aromatic N) is 1. The molecule has 2 unspecified atom stereocenters. The van der Waals surface area contributed by atoms with Crippen LogP contribution in [0.2, 0.25) is 0 Å². The first-order chi connectivity index (χ1) is 9.47. The molecule has 7 nitrogen and oxygen atoms in total. The molecule has 1 heterocycles. The molecule has 0 aromatic heterocycles. The first-order valence-corrected chi connectivity index (χ1v) is 6.35. The third-order valence-electron chi connectivity index (χ3n) is 2.77. The number of rotatable bonds is 4. The van der Waals surface area contributed by atoms with Gasteiger partial charge in [-0.3, -0.25) is 14.5 Å². The van der Waals surface area contributed by atoms with Crippen LogP contribution >= 0.6 is 0 Å². The molecule has 0 spiro atoms. The Labute approximate surface area is 117 Å². The van der Waals surface area contributed by atoms with Gasteiger partial charge in [-0.1, -0.05) is 0 Å². The van der Waals surface area contributed by atoms with Gasteiger partial charge in [-0.2, -0.15) is 0 Å². The van der Waals surface area contributed by atoms with E-state index in [1.807, 2.05) is 0 Å². The Morgan fingerprint density at radius 3 is 2.60 bits per heavy atom. The molecule has 0 aromatic rings. The lowest BCUT2D eigenvalue weighted by molar-refractivity contribution is -0.146. The van der Waals surface area contributed by atoms with Crippen molar-refractivity contribution in [3.05, 3.63) is 12.3 Å². The number of carbonyl (C=O) groups excluding carboxylic acids is 3. The molecule has 7 heteroatoms. The van der Waals surface area contributed by atoms with Crippen LogP contribution in [0.4, 0.5) is 4.79 Å². The molecule has 0 radical (unpaired) electrons. The Bertz CT molecular complexity index is 406. The van der Waals surface area contributed by atoms with Gasteiger partial charge in [0.2, 0.25) is 0 Å². The number of hydrogen-bond acceptors (Lipinski definition) is 6. The lowest BCUT2D eigenvalue weighted by Crippen LogP contribution is -2.43. The largest absolute Gasteiger partial charge is 0.466 e. The number of hydrogen-bond donors (Lipinski definition) is 0. The zero-order valence-corrected chi connectivity index (χ0v) is 11.8. The van der Waals surface area contributed by atoms with Gasteiger partial charge >= 0.3 is 18.0 Å². The van der Waals surface area contributed by atoms with Crippen molar-refractivity contribution >= 4 is 18.0 Å². The molecule has 2 atom stereocenters. The van der Waals surface area contributed by atoms with Gasteiger partial charge < -0.3 is 14.2 Å². The molecule has 0 saturated carbocycles. The highest BCUT2D eigenvalue weighted by atomic mass is 16.6. The van der Waals surface area contributed by atoms with Gasteiger partial charge in [0.15, 0.2) is 0 Å². The molecular weight excluding hydrogens is 266 g/mol. The molecule has 0 aliphatic carbocycles. The zero-order valence-electron chi connectivity index (χ0n) is 11.8. The minimum absolute atomic E-state index is 0.0189. The second kappa shape index (κ2) is 7.52. The van der Waals surface area contributed by atoms with Gasteiger partial charge in [-0.15, -0.1) is 0 Å². The predicted octanol–water partition coefficient (Wildman–Crippen LogP) is 1.23. The minimum atomic E-state index is -0.572. The van der Waals surface area contributed by atoms with Gasteiger partial charge in [0.05, 0.1) is 26.2 Å². The van der Waals surface area contributed by atoms with Crippen LogP contribution < -0.4 is 0 Å². The molecule has 0 saturated heterocycles. The van der Waals surface area contributed by atoms with Gasteiger partial charge in [-0.25, -0.2) is 4.79 Å². The van der Waals surface area contributed by atoms with E-state index in [1.54, 1.807) is 13.0 Å². The summed E-state index contributed by atoms with van der Waals surface area (Å²) in [5.74, 6) is -0.829. The molecule has 1 aliphatic heterocycles. The lowest BCUT2D eigenvalue weighted by Gasteiger charge is -2.32. The Hall–Kier alpha value is -2.05. The van der Waals surface area contributed by atoms with Crippen molar-refractivity contribution in [2.45, 2.75) is 38.8 Å². The van der Waals surface area contributed by atoms with Crippen LogP contribution in [0.15, 0.2) is 12.3 Å². The van der Waals surface area contributed by atoms with E-state index in [0.29, 0.717) is 6.42 Å². The molecule has 1 rings (SSSR count). The fourth-order valence-corrected chi connectivity index (χ4v) is 1.98. The van der Waals surface area contributed by atoms with E-state index in [4.69, 9.17) is 9.47 Å². The highest BCUT2D eigenvalue weighted by Gasteiger charge is 2.32. The van der Waals surface area contributed by atoms with E-state index < -0.39 is 30.2 Å². The summed E-state index contributed by atoms with van der Waals surface area (Å²) >= 11 is 0. The summed E-state index contributed by atoms with van der Waals surface area (Å²) in [7, 11) is 1.26. The summed E-state index contributed by atoms with van der Waals surface area (Å²) in [6.45, 7) is 3.28. The van der Waals surface area contributed by atoms with Gasteiger partial charge in [0.1, 0.15) is 6.10 Å². The number of esters is 2. The number of methoxy groups -OCH3 is 1. The summed E-state index contributed by atoms with van der Waals surface area (Å²) in [5.41, 5.74) is 0. The second-order valence-electron chi connectivity index (χ2n) is 4.27. The van der Waals surface area contributed by atoms with E-state index in [-0.39, 0.29) is 13.0 Å². The molecule has 0 bridgehead atoms. The van der Waals surface area contributed by atoms with E-state index in [0.717, 1.165) is 0 Å². The summed E-state index contributed by atoms with van der Waals surface area (Å²) in [6.07, 6.45) is 2.35. The topological polar surface area (TPSA) is 82.1 Å². The van der Waals surface area contributed by atoms with E-state index >= 15 is 0 Å². The first kappa shape index (κ1) is 16.0. The van der Waals surface area contributed by atoms with Crippen LogP contribution in [-0.4, -0.2) is 48.8 Å². The Morgan fingerprint density at radius 1 is 1.35 bits per heavy atom. The van der Waals surface area contributed by atoms with Crippen molar-refractivity contribution in [2.24, 2.45) is 0 Å². The lowest BCUT2D eigenvalue weighted by atomic mass is 10.0. The average Bonchev–Trinajstić information content (AvgIpc) is 2.37. The smallest absolute Gasteiger partial charge is 0.413 e. The number of amides is 1. The van der Waals surface area contributed by atoms with Crippen LogP contribution in [0, 0.1) is 0 Å². The van der Waals surface area contributed by atoms with Crippen molar-refractivity contribution in [3.8, 4) is 0 Å². The predicted molar refractivity (Wildman–Crippen MR) is 68.6 cm³/mol. The Morgan fingerprint density at radius 2 is 2.05 bits per heavy atom. The molecule has 0 N–H and O–H groups in total. The fourth-order valence-electron chi connectivity index (χ4n) is 1.98. The molecule has 0 aromatic carbocycles. The van der Waals surface area contributed by atoms with Crippen LogP contribution in [0.1, 0.15) is 26.7 Å². The maximum Gasteiger partial charge on any atom is 0.413 e. The SMILES string of the molecule is CCOC(=O)CC1CC(OC(C)=O)C=CN1C(=O)OC. The quantitative estimate of drug-likeness (QED) is 0.570. The first-order valence-electron chi connectivity index (χ1n) is 6.35.